The van der Waals surface area contributed by atoms with E-state index in [-0.39, 0.29) is 23.5 Å². The number of carbonyl (C=O) groups excluding carboxylic acids is 1. The first kappa shape index (κ1) is 19.6. The van der Waals surface area contributed by atoms with Crippen LogP contribution < -0.4 is 5.32 Å². The van der Waals surface area contributed by atoms with Crippen molar-refractivity contribution in [1.29, 1.82) is 0 Å². The Balaban J connectivity index is 1.86. The molecule has 0 bridgehead atoms. The van der Waals surface area contributed by atoms with Crippen LogP contribution in [-0.2, 0) is 9.84 Å². The summed E-state index contributed by atoms with van der Waals surface area (Å²) in [6, 6.07) is 4.97. The van der Waals surface area contributed by atoms with Crippen LogP contribution in [0.25, 0.3) is 22.5 Å². The monoisotopic (exact) mass is 416 g/mol. The van der Waals surface area contributed by atoms with Gasteiger partial charge in [0.1, 0.15) is 5.69 Å². The fraction of sp³-hybridized carbons (Fsp3) is 0.450. The number of aromatic nitrogens is 3. The molecule has 154 valence electrons. The zero-order valence-electron chi connectivity index (χ0n) is 16.5. The normalized spacial score (nSPS) is 18.3. The van der Waals surface area contributed by atoms with Crippen molar-refractivity contribution in [1.82, 2.24) is 20.1 Å². The molecule has 4 rings (SSSR count). The third-order valence-electron chi connectivity index (χ3n) is 5.23. The van der Waals surface area contributed by atoms with Gasteiger partial charge in [-0.2, -0.15) is 5.10 Å². The van der Waals surface area contributed by atoms with Gasteiger partial charge in [-0.05, 0) is 38.0 Å². The van der Waals surface area contributed by atoms with Crippen molar-refractivity contribution in [3.63, 3.8) is 0 Å². The van der Waals surface area contributed by atoms with Gasteiger partial charge < -0.3 is 9.73 Å². The standard InChI is InChI=1S/C20H24N4O4S/c1-3-4-8-21-20(25)15-11-16(17-6-5-9-28-17)22-19-18(15)13(2)23-24(19)14-7-10-29(26,27)12-14/h5-6,9,11,14H,3-4,7-8,10,12H2,1-2H3,(H,21,25)/t14-/m1/s1. The van der Waals surface area contributed by atoms with Crippen LogP contribution in [0, 0.1) is 6.92 Å². The zero-order chi connectivity index (χ0) is 20.6. The van der Waals surface area contributed by atoms with Gasteiger partial charge in [-0.3, -0.25) is 4.79 Å². The van der Waals surface area contributed by atoms with Crippen molar-refractivity contribution in [3.05, 3.63) is 35.7 Å². The number of hydrogen-bond acceptors (Lipinski definition) is 6. The van der Waals surface area contributed by atoms with Crippen molar-refractivity contribution < 1.29 is 17.6 Å². The maximum absolute atomic E-state index is 12.9. The molecule has 4 heterocycles. The molecule has 0 aromatic carbocycles. The van der Waals surface area contributed by atoms with Crippen molar-refractivity contribution in [2.24, 2.45) is 0 Å². The predicted octanol–water partition coefficient (Wildman–Crippen LogP) is 2.89. The number of amides is 1. The van der Waals surface area contributed by atoms with Crippen LogP contribution >= 0.6 is 0 Å². The molecule has 1 aliphatic rings. The Morgan fingerprint density at radius 2 is 2.24 bits per heavy atom. The molecule has 29 heavy (non-hydrogen) atoms. The summed E-state index contributed by atoms with van der Waals surface area (Å²) >= 11 is 0. The Morgan fingerprint density at radius 1 is 1.41 bits per heavy atom. The zero-order valence-corrected chi connectivity index (χ0v) is 17.3. The highest BCUT2D eigenvalue weighted by Crippen LogP contribution is 2.32. The molecular formula is C20H24N4O4S. The number of carbonyl (C=O) groups is 1. The topological polar surface area (TPSA) is 107 Å². The summed E-state index contributed by atoms with van der Waals surface area (Å²) < 4.78 is 31.1. The second-order valence-electron chi connectivity index (χ2n) is 7.43. The molecule has 1 N–H and O–H groups in total. The van der Waals surface area contributed by atoms with E-state index in [0.717, 1.165) is 12.8 Å². The Hall–Kier alpha value is -2.68. The number of nitrogens with one attached hydrogen (secondary N) is 1. The fourth-order valence-corrected chi connectivity index (χ4v) is 5.43. The number of rotatable bonds is 6. The number of unbranched alkanes of at least 4 members (excludes halogenated alkanes) is 1. The highest BCUT2D eigenvalue weighted by molar-refractivity contribution is 7.91. The maximum Gasteiger partial charge on any atom is 0.252 e. The molecule has 0 saturated carbocycles. The number of nitrogens with zero attached hydrogens (tertiary/aromatic N) is 3. The minimum Gasteiger partial charge on any atom is -0.463 e. The lowest BCUT2D eigenvalue weighted by atomic mass is 10.1. The summed E-state index contributed by atoms with van der Waals surface area (Å²) in [5, 5.41) is 8.18. The lowest BCUT2D eigenvalue weighted by Crippen LogP contribution is -2.25. The molecule has 0 aliphatic carbocycles. The largest absolute Gasteiger partial charge is 0.463 e. The van der Waals surface area contributed by atoms with Gasteiger partial charge in [0.25, 0.3) is 5.91 Å². The van der Waals surface area contributed by atoms with Gasteiger partial charge in [0.05, 0.1) is 40.5 Å². The molecule has 0 spiro atoms. The second-order valence-corrected chi connectivity index (χ2v) is 9.66. The smallest absolute Gasteiger partial charge is 0.252 e. The van der Waals surface area contributed by atoms with E-state index < -0.39 is 9.84 Å². The third kappa shape index (κ3) is 3.78. The van der Waals surface area contributed by atoms with Gasteiger partial charge in [-0.25, -0.2) is 18.1 Å². The molecule has 1 atom stereocenters. The number of sulfone groups is 1. The maximum atomic E-state index is 12.9. The molecule has 9 heteroatoms. The number of aryl methyl sites for hydroxylation is 1. The van der Waals surface area contributed by atoms with E-state index in [2.05, 4.69) is 17.3 Å². The van der Waals surface area contributed by atoms with Crippen molar-refractivity contribution >= 4 is 26.8 Å². The fourth-order valence-electron chi connectivity index (χ4n) is 3.74. The van der Waals surface area contributed by atoms with E-state index >= 15 is 0 Å². The van der Waals surface area contributed by atoms with Gasteiger partial charge in [0, 0.05) is 6.54 Å². The average molecular weight is 417 g/mol. The van der Waals surface area contributed by atoms with Crippen molar-refractivity contribution in [3.8, 4) is 11.5 Å². The molecular weight excluding hydrogens is 392 g/mol. The Kier molecular flexibility index (Phi) is 5.16. The summed E-state index contributed by atoms with van der Waals surface area (Å²) in [5.41, 5.74) is 2.16. The van der Waals surface area contributed by atoms with Gasteiger partial charge >= 0.3 is 0 Å². The molecule has 3 aromatic heterocycles. The van der Waals surface area contributed by atoms with E-state index in [9.17, 15) is 13.2 Å². The number of furan rings is 1. The van der Waals surface area contributed by atoms with E-state index in [1.165, 1.54) is 0 Å². The summed E-state index contributed by atoms with van der Waals surface area (Å²) in [6.07, 6.45) is 3.91. The molecule has 0 radical (unpaired) electrons. The Labute approximate surface area is 169 Å². The first-order valence-electron chi connectivity index (χ1n) is 9.82. The minimum atomic E-state index is -3.08. The highest BCUT2D eigenvalue weighted by Gasteiger charge is 2.32. The number of pyridine rings is 1. The van der Waals surface area contributed by atoms with Crippen molar-refractivity contribution in [2.75, 3.05) is 18.1 Å². The van der Waals surface area contributed by atoms with Crippen LogP contribution in [0.3, 0.4) is 0 Å². The van der Waals surface area contributed by atoms with Gasteiger partial charge in [-0.1, -0.05) is 13.3 Å². The summed E-state index contributed by atoms with van der Waals surface area (Å²) in [7, 11) is -3.08. The molecule has 1 aliphatic heterocycles. The quantitative estimate of drug-likeness (QED) is 0.619. The van der Waals surface area contributed by atoms with Crippen LogP contribution in [0.15, 0.2) is 28.9 Å². The SMILES string of the molecule is CCCCNC(=O)c1cc(-c2ccco2)nc2c1c(C)nn2[C@@H]1CCS(=O)(=O)C1. The van der Waals surface area contributed by atoms with E-state index in [0.29, 0.717) is 46.7 Å². The Bertz CT molecular complexity index is 1150. The van der Waals surface area contributed by atoms with Crippen molar-refractivity contribution in [2.45, 2.75) is 39.2 Å². The van der Waals surface area contributed by atoms with E-state index in [4.69, 9.17) is 9.40 Å². The molecule has 1 saturated heterocycles. The number of fused-ring (bicyclic) bond motifs is 1. The third-order valence-corrected chi connectivity index (χ3v) is 6.98. The van der Waals surface area contributed by atoms with Crippen LogP contribution in [0.1, 0.15) is 48.3 Å². The Morgan fingerprint density at radius 3 is 2.90 bits per heavy atom. The highest BCUT2D eigenvalue weighted by atomic mass is 32.2. The molecule has 1 amide bonds. The average Bonchev–Trinajstić information content (AvgIpc) is 3.40. The summed E-state index contributed by atoms with van der Waals surface area (Å²) in [6.45, 7) is 4.47. The lowest BCUT2D eigenvalue weighted by Gasteiger charge is -2.11. The van der Waals surface area contributed by atoms with Crippen LogP contribution in [-0.4, -0.2) is 47.1 Å². The van der Waals surface area contributed by atoms with Crippen LogP contribution in [0.2, 0.25) is 0 Å². The summed E-state index contributed by atoms with van der Waals surface area (Å²) in [4.78, 5) is 17.6. The molecule has 0 unspecified atom stereocenters. The molecule has 8 nitrogen and oxygen atoms in total. The predicted molar refractivity (Wildman–Crippen MR) is 110 cm³/mol. The van der Waals surface area contributed by atoms with Gasteiger partial charge in [0.2, 0.25) is 0 Å². The van der Waals surface area contributed by atoms with Crippen LogP contribution in [0.4, 0.5) is 0 Å². The molecule has 3 aromatic rings. The first-order valence-corrected chi connectivity index (χ1v) is 11.6. The lowest BCUT2D eigenvalue weighted by molar-refractivity contribution is 0.0954. The summed E-state index contributed by atoms with van der Waals surface area (Å²) in [5.74, 6) is 0.521. The van der Waals surface area contributed by atoms with E-state index in [1.807, 2.05) is 6.92 Å². The minimum absolute atomic E-state index is 0.0356. The number of hydrogen-bond donors (Lipinski definition) is 1. The van der Waals surface area contributed by atoms with Crippen LogP contribution in [0.5, 0.6) is 0 Å². The van der Waals surface area contributed by atoms with E-state index in [1.54, 1.807) is 29.1 Å². The first-order chi connectivity index (χ1) is 13.9. The second kappa shape index (κ2) is 7.62. The van der Waals surface area contributed by atoms with Gasteiger partial charge in [-0.15, -0.1) is 0 Å². The molecule has 1 fully saturated rings. The van der Waals surface area contributed by atoms with Gasteiger partial charge in [0.15, 0.2) is 21.2 Å².